The lowest BCUT2D eigenvalue weighted by Crippen LogP contribution is -2.31. The zero-order chi connectivity index (χ0) is 18.9. The Balaban J connectivity index is 1.70. The van der Waals surface area contributed by atoms with Gasteiger partial charge in [0.2, 0.25) is 15.9 Å². The van der Waals surface area contributed by atoms with E-state index >= 15 is 0 Å². The van der Waals surface area contributed by atoms with Crippen LogP contribution in [0.15, 0.2) is 47.5 Å². The smallest absolute Gasteiger partial charge is 0.416 e. The van der Waals surface area contributed by atoms with Crippen molar-refractivity contribution in [2.45, 2.75) is 23.6 Å². The number of halogens is 4. The number of hydrogen-bond donors (Lipinski definition) is 0. The van der Waals surface area contributed by atoms with Crippen LogP contribution < -0.4 is 4.74 Å². The maximum atomic E-state index is 12.7. The molecule has 3 rings (SSSR count). The molecule has 0 N–H and O–H groups in total. The molecule has 1 saturated heterocycles. The molecule has 5 nitrogen and oxygen atoms in total. The standard InChI is InChI=1S/C16H14ClF3N2O3S/c17-12-1-3-14(4-2-12)26(23,24)22-8-6-13(10-22)25-15-9-11(5-7-21-15)16(18,19)20/h1-5,7,9,13H,6,8,10H2. The summed E-state index contributed by atoms with van der Waals surface area (Å²) in [6.07, 6.45) is -3.71. The minimum absolute atomic E-state index is 0.0306. The van der Waals surface area contributed by atoms with Gasteiger partial charge in [0.25, 0.3) is 0 Å². The molecule has 140 valence electrons. The number of benzene rings is 1. The van der Waals surface area contributed by atoms with Crippen LogP contribution in [0.5, 0.6) is 5.88 Å². The van der Waals surface area contributed by atoms with Gasteiger partial charge in [0.05, 0.1) is 17.0 Å². The van der Waals surface area contributed by atoms with Gasteiger partial charge in [-0.3, -0.25) is 0 Å². The first-order valence-electron chi connectivity index (χ1n) is 7.62. The molecule has 0 amide bonds. The lowest BCUT2D eigenvalue weighted by Gasteiger charge is -2.17. The molecule has 1 unspecified atom stereocenters. The minimum atomic E-state index is -4.50. The number of aromatic nitrogens is 1. The van der Waals surface area contributed by atoms with Gasteiger partial charge in [0, 0.05) is 23.8 Å². The molecular weight excluding hydrogens is 393 g/mol. The Hall–Kier alpha value is -1.84. The summed E-state index contributed by atoms with van der Waals surface area (Å²) in [6, 6.07) is 7.41. The van der Waals surface area contributed by atoms with E-state index < -0.39 is 27.9 Å². The highest BCUT2D eigenvalue weighted by atomic mass is 35.5. The zero-order valence-electron chi connectivity index (χ0n) is 13.3. The van der Waals surface area contributed by atoms with Crippen LogP contribution in [0.25, 0.3) is 0 Å². The molecule has 1 fully saturated rings. The maximum Gasteiger partial charge on any atom is 0.416 e. The van der Waals surface area contributed by atoms with Crippen LogP contribution >= 0.6 is 11.6 Å². The SMILES string of the molecule is O=S(=O)(c1ccc(Cl)cc1)N1CCC(Oc2cc(C(F)(F)F)ccn2)C1. The van der Waals surface area contributed by atoms with Crippen molar-refractivity contribution in [3.63, 3.8) is 0 Å². The van der Waals surface area contributed by atoms with Gasteiger partial charge in [-0.05, 0) is 36.8 Å². The predicted molar refractivity (Wildman–Crippen MR) is 88.5 cm³/mol. The molecule has 1 aliphatic rings. The van der Waals surface area contributed by atoms with Crippen molar-refractivity contribution in [3.05, 3.63) is 53.2 Å². The molecule has 0 spiro atoms. The monoisotopic (exact) mass is 406 g/mol. The highest BCUT2D eigenvalue weighted by Gasteiger charge is 2.35. The van der Waals surface area contributed by atoms with E-state index in [1.807, 2.05) is 0 Å². The molecule has 1 aliphatic heterocycles. The van der Waals surface area contributed by atoms with Gasteiger partial charge in [0.15, 0.2) is 0 Å². The van der Waals surface area contributed by atoms with Crippen molar-refractivity contribution in [2.24, 2.45) is 0 Å². The summed E-state index contributed by atoms with van der Waals surface area (Å²) in [5.41, 5.74) is -0.869. The Morgan fingerprint density at radius 3 is 2.54 bits per heavy atom. The van der Waals surface area contributed by atoms with Crippen molar-refractivity contribution < 1.29 is 26.3 Å². The summed E-state index contributed by atoms with van der Waals surface area (Å²) in [5, 5.41) is 0.419. The maximum absolute atomic E-state index is 12.7. The molecule has 1 atom stereocenters. The lowest BCUT2D eigenvalue weighted by molar-refractivity contribution is -0.137. The second-order valence-corrected chi connectivity index (χ2v) is 8.10. The number of sulfonamides is 1. The van der Waals surface area contributed by atoms with Gasteiger partial charge in [0.1, 0.15) is 6.10 Å². The molecule has 10 heteroatoms. The lowest BCUT2D eigenvalue weighted by atomic mass is 10.2. The molecular formula is C16H14ClF3N2O3S. The van der Waals surface area contributed by atoms with Crippen LogP contribution in [0, 0.1) is 0 Å². The number of ether oxygens (including phenoxy) is 1. The van der Waals surface area contributed by atoms with E-state index in [0.29, 0.717) is 11.4 Å². The Bertz CT molecular complexity index is 888. The average Bonchev–Trinajstić information content (AvgIpc) is 3.04. The van der Waals surface area contributed by atoms with Crippen molar-refractivity contribution in [3.8, 4) is 5.88 Å². The molecule has 1 aromatic carbocycles. The van der Waals surface area contributed by atoms with Gasteiger partial charge < -0.3 is 4.74 Å². The Labute approximate surface area is 153 Å². The van der Waals surface area contributed by atoms with E-state index in [2.05, 4.69) is 4.98 Å². The first-order chi connectivity index (χ1) is 12.2. The van der Waals surface area contributed by atoms with E-state index in [9.17, 15) is 21.6 Å². The molecule has 2 heterocycles. The second kappa shape index (κ2) is 7.05. The molecule has 1 aromatic heterocycles. The van der Waals surface area contributed by atoms with E-state index in [1.54, 1.807) is 0 Å². The largest absolute Gasteiger partial charge is 0.473 e. The fraction of sp³-hybridized carbons (Fsp3) is 0.312. The topological polar surface area (TPSA) is 59.5 Å². The summed E-state index contributed by atoms with van der Waals surface area (Å²) < 4.78 is 70.1. The number of hydrogen-bond acceptors (Lipinski definition) is 4. The van der Waals surface area contributed by atoms with Gasteiger partial charge in [-0.1, -0.05) is 11.6 Å². The quantitative estimate of drug-likeness (QED) is 0.778. The minimum Gasteiger partial charge on any atom is -0.473 e. The van der Waals surface area contributed by atoms with Crippen LogP contribution in [0.2, 0.25) is 5.02 Å². The van der Waals surface area contributed by atoms with Gasteiger partial charge in [-0.25, -0.2) is 13.4 Å². The summed E-state index contributed by atoms with van der Waals surface area (Å²) in [5.74, 6) is -0.185. The van der Waals surface area contributed by atoms with Crippen molar-refractivity contribution in [1.29, 1.82) is 0 Å². The number of pyridine rings is 1. The van der Waals surface area contributed by atoms with Crippen LogP contribution in [0.3, 0.4) is 0 Å². The second-order valence-electron chi connectivity index (χ2n) is 5.73. The molecule has 0 bridgehead atoms. The first kappa shape index (κ1) is 18.9. The summed E-state index contributed by atoms with van der Waals surface area (Å²) in [6.45, 7) is 0.234. The summed E-state index contributed by atoms with van der Waals surface area (Å²) in [4.78, 5) is 3.86. The third kappa shape index (κ3) is 4.11. The predicted octanol–water partition coefficient (Wildman–Crippen LogP) is 3.60. The van der Waals surface area contributed by atoms with Crippen molar-refractivity contribution in [2.75, 3.05) is 13.1 Å². The molecule has 26 heavy (non-hydrogen) atoms. The van der Waals surface area contributed by atoms with Gasteiger partial charge >= 0.3 is 6.18 Å². The Morgan fingerprint density at radius 1 is 1.19 bits per heavy atom. The Morgan fingerprint density at radius 2 is 1.88 bits per heavy atom. The van der Waals surface area contributed by atoms with Crippen molar-refractivity contribution in [1.82, 2.24) is 9.29 Å². The molecule has 0 saturated carbocycles. The normalized spacial score (nSPS) is 18.8. The Kier molecular flexibility index (Phi) is 5.14. The number of alkyl halides is 3. The van der Waals surface area contributed by atoms with E-state index in [1.165, 1.54) is 28.6 Å². The zero-order valence-corrected chi connectivity index (χ0v) is 14.9. The fourth-order valence-electron chi connectivity index (χ4n) is 2.59. The van der Waals surface area contributed by atoms with E-state index in [4.69, 9.17) is 16.3 Å². The molecule has 0 aliphatic carbocycles. The van der Waals surface area contributed by atoms with Gasteiger partial charge in [-0.2, -0.15) is 17.5 Å². The first-order valence-corrected chi connectivity index (χ1v) is 9.44. The van der Waals surface area contributed by atoms with E-state index in [0.717, 1.165) is 18.3 Å². The molecule has 0 radical (unpaired) electrons. The third-order valence-electron chi connectivity index (χ3n) is 3.91. The van der Waals surface area contributed by atoms with Crippen LogP contribution in [-0.4, -0.2) is 36.9 Å². The number of rotatable bonds is 4. The van der Waals surface area contributed by atoms with Crippen molar-refractivity contribution >= 4 is 21.6 Å². The molecule has 2 aromatic rings. The van der Waals surface area contributed by atoms with Crippen LogP contribution in [0.1, 0.15) is 12.0 Å². The highest BCUT2D eigenvalue weighted by Crippen LogP contribution is 2.31. The van der Waals surface area contributed by atoms with Gasteiger partial charge in [-0.15, -0.1) is 0 Å². The fourth-order valence-corrected chi connectivity index (χ4v) is 4.20. The summed E-state index contributed by atoms with van der Waals surface area (Å²) >= 11 is 5.76. The average molecular weight is 407 g/mol. The van der Waals surface area contributed by atoms with Crippen LogP contribution in [-0.2, 0) is 16.2 Å². The van der Waals surface area contributed by atoms with Crippen LogP contribution in [0.4, 0.5) is 13.2 Å². The number of nitrogens with zero attached hydrogens (tertiary/aromatic N) is 2. The third-order valence-corrected chi connectivity index (χ3v) is 6.04. The highest BCUT2D eigenvalue weighted by molar-refractivity contribution is 7.89. The summed E-state index contributed by atoms with van der Waals surface area (Å²) in [7, 11) is -3.72. The van der Waals surface area contributed by atoms with E-state index in [-0.39, 0.29) is 23.9 Å².